The molecule has 22 heavy (non-hydrogen) atoms. The van der Waals surface area contributed by atoms with E-state index in [4.69, 9.17) is 0 Å². The van der Waals surface area contributed by atoms with Gasteiger partial charge in [0.05, 0.1) is 6.54 Å². The van der Waals surface area contributed by atoms with Crippen molar-refractivity contribution in [2.24, 2.45) is 5.92 Å². The van der Waals surface area contributed by atoms with Gasteiger partial charge in [-0.05, 0) is 31.9 Å². The van der Waals surface area contributed by atoms with Crippen LogP contribution in [0.4, 0.5) is 8.78 Å². The molecule has 1 amide bonds. The van der Waals surface area contributed by atoms with Gasteiger partial charge in [-0.2, -0.15) is 0 Å². The summed E-state index contributed by atoms with van der Waals surface area (Å²) in [4.78, 5) is 18.8. The van der Waals surface area contributed by atoms with E-state index >= 15 is 0 Å². The maximum Gasteiger partial charge on any atom is 0.251 e. The number of halogens is 2. The molecular formula is C16H22F2N2OS. The third kappa shape index (κ3) is 3.66. The van der Waals surface area contributed by atoms with Crippen molar-refractivity contribution in [2.75, 3.05) is 32.7 Å². The Labute approximate surface area is 133 Å². The van der Waals surface area contributed by atoms with Crippen molar-refractivity contribution < 1.29 is 13.6 Å². The summed E-state index contributed by atoms with van der Waals surface area (Å²) < 4.78 is 24.9. The topological polar surface area (TPSA) is 23.6 Å². The highest BCUT2D eigenvalue weighted by Crippen LogP contribution is 2.50. The number of nitrogens with zero attached hydrogens (tertiary/aromatic N) is 2. The highest BCUT2D eigenvalue weighted by Gasteiger charge is 2.46. The smallest absolute Gasteiger partial charge is 0.251 e. The van der Waals surface area contributed by atoms with Crippen LogP contribution in [0.3, 0.4) is 0 Å². The molecule has 2 unspecified atom stereocenters. The van der Waals surface area contributed by atoms with Crippen molar-refractivity contribution in [3.8, 4) is 0 Å². The van der Waals surface area contributed by atoms with E-state index in [1.807, 2.05) is 4.90 Å². The van der Waals surface area contributed by atoms with Gasteiger partial charge in [-0.15, -0.1) is 11.3 Å². The van der Waals surface area contributed by atoms with Crippen LogP contribution in [0, 0.1) is 12.8 Å². The van der Waals surface area contributed by atoms with Gasteiger partial charge < -0.3 is 4.90 Å². The number of alkyl halides is 2. The number of carbonyl (C=O) groups excluding carboxylic acids is 1. The molecule has 0 bridgehead atoms. The highest BCUT2D eigenvalue weighted by molar-refractivity contribution is 7.12. The molecular weight excluding hydrogens is 306 g/mol. The first-order valence-electron chi connectivity index (χ1n) is 7.90. The van der Waals surface area contributed by atoms with Crippen molar-refractivity contribution in [1.29, 1.82) is 0 Å². The predicted octanol–water partition coefficient (Wildman–Crippen LogP) is 2.96. The summed E-state index contributed by atoms with van der Waals surface area (Å²) in [5.74, 6) is 0.710. The van der Waals surface area contributed by atoms with E-state index in [0.29, 0.717) is 32.1 Å². The molecule has 0 aromatic carbocycles. The number of hydrogen-bond donors (Lipinski definition) is 0. The number of thiophene rings is 1. The second-order valence-corrected chi connectivity index (χ2v) is 7.59. The van der Waals surface area contributed by atoms with Crippen molar-refractivity contribution >= 4 is 17.2 Å². The number of amides is 1. The van der Waals surface area contributed by atoms with Crippen LogP contribution in [0.1, 0.15) is 28.5 Å². The van der Waals surface area contributed by atoms with Gasteiger partial charge in [-0.25, -0.2) is 8.78 Å². The van der Waals surface area contributed by atoms with Gasteiger partial charge in [-0.1, -0.05) is 0 Å². The summed E-state index contributed by atoms with van der Waals surface area (Å²) in [5.41, 5.74) is 0. The van der Waals surface area contributed by atoms with Gasteiger partial charge in [0.2, 0.25) is 5.91 Å². The lowest BCUT2D eigenvalue weighted by Gasteiger charge is -2.22. The van der Waals surface area contributed by atoms with Crippen LogP contribution in [0.2, 0.25) is 0 Å². The Balaban J connectivity index is 1.53. The van der Waals surface area contributed by atoms with Crippen LogP contribution >= 0.6 is 11.3 Å². The lowest BCUT2D eigenvalue weighted by atomic mass is 10.2. The molecule has 0 N–H and O–H groups in total. The maximum atomic E-state index is 12.6. The Hall–Kier alpha value is -1.01. The molecule has 1 aliphatic heterocycles. The van der Waals surface area contributed by atoms with E-state index < -0.39 is 6.43 Å². The molecule has 2 aliphatic rings. The SMILES string of the molecule is Cc1ccc(C2CC2C(=O)N2CCCN(CC(F)F)CC2)s1. The second kappa shape index (κ2) is 6.62. The number of carbonyl (C=O) groups is 1. The van der Waals surface area contributed by atoms with Crippen LogP contribution < -0.4 is 0 Å². The summed E-state index contributed by atoms with van der Waals surface area (Å²) in [6.45, 7) is 4.41. The van der Waals surface area contributed by atoms with Gasteiger partial charge in [0.15, 0.2) is 0 Å². The minimum Gasteiger partial charge on any atom is -0.341 e. The van der Waals surface area contributed by atoms with E-state index in [1.165, 1.54) is 9.75 Å². The zero-order chi connectivity index (χ0) is 15.7. The second-order valence-electron chi connectivity index (χ2n) is 6.27. The summed E-state index contributed by atoms with van der Waals surface area (Å²) in [6, 6.07) is 4.23. The van der Waals surface area contributed by atoms with Crippen molar-refractivity contribution in [2.45, 2.75) is 32.1 Å². The Morgan fingerprint density at radius 1 is 1.32 bits per heavy atom. The largest absolute Gasteiger partial charge is 0.341 e. The summed E-state index contributed by atoms with van der Waals surface area (Å²) >= 11 is 1.78. The normalized spacial score (nSPS) is 26.3. The number of rotatable bonds is 4. The molecule has 2 heterocycles. The molecule has 1 saturated carbocycles. The first-order chi connectivity index (χ1) is 10.5. The van der Waals surface area contributed by atoms with Gasteiger partial charge in [0.1, 0.15) is 0 Å². The quantitative estimate of drug-likeness (QED) is 0.848. The fourth-order valence-corrected chi connectivity index (χ4v) is 4.29. The zero-order valence-corrected chi connectivity index (χ0v) is 13.6. The van der Waals surface area contributed by atoms with Gasteiger partial charge in [0.25, 0.3) is 6.43 Å². The number of hydrogen-bond acceptors (Lipinski definition) is 3. The average molecular weight is 328 g/mol. The maximum absolute atomic E-state index is 12.6. The summed E-state index contributed by atoms with van der Waals surface area (Å²) in [7, 11) is 0. The molecule has 2 fully saturated rings. The fourth-order valence-electron chi connectivity index (χ4n) is 3.24. The minimum atomic E-state index is -2.29. The Morgan fingerprint density at radius 3 is 2.82 bits per heavy atom. The van der Waals surface area contributed by atoms with Crippen molar-refractivity contribution in [3.63, 3.8) is 0 Å². The van der Waals surface area contributed by atoms with E-state index in [0.717, 1.165) is 12.8 Å². The molecule has 1 aromatic heterocycles. The molecule has 0 spiro atoms. The lowest BCUT2D eigenvalue weighted by Crippen LogP contribution is -2.37. The molecule has 6 heteroatoms. The van der Waals surface area contributed by atoms with E-state index in [1.54, 1.807) is 16.2 Å². The van der Waals surface area contributed by atoms with Crippen LogP contribution in [-0.2, 0) is 4.79 Å². The minimum absolute atomic E-state index is 0.111. The molecule has 1 aliphatic carbocycles. The van der Waals surface area contributed by atoms with Gasteiger partial charge in [0, 0.05) is 47.8 Å². The van der Waals surface area contributed by atoms with Crippen LogP contribution in [-0.4, -0.2) is 54.9 Å². The Morgan fingerprint density at radius 2 is 2.14 bits per heavy atom. The number of aryl methyl sites for hydroxylation is 1. The summed E-state index contributed by atoms with van der Waals surface area (Å²) in [5, 5.41) is 0. The van der Waals surface area contributed by atoms with Gasteiger partial charge in [-0.3, -0.25) is 9.69 Å². The average Bonchev–Trinajstić information content (AvgIpc) is 3.19. The molecule has 2 atom stereocenters. The Bertz CT molecular complexity index is 534. The summed E-state index contributed by atoms with van der Waals surface area (Å²) in [6.07, 6.45) is -0.568. The standard InChI is InChI=1S/C16H22F2N2OS/c1-11-3-4-14(22-11)12-9-13(12)16(21)20-6-2-5-19(7-8-20)10-15(17)18/h3-4,12-13,15H,2,5-10H2,1H3. The van der Waals surface area contributed by atoms with Crippen LogP contribution in [0.5, 0.6) is 0 Å². The van der Waals surface area contributed by atoms with Crippen LogP contribution in [0.15, 0.2) is 12.1 Å². The molecule has 3 nitrogen and oxygen atoms in total. The third-order valence-corrected chi connectivity index (χ3v) is 5.66. The van der Waals surface area contributed by atoms with Crippen LogP contribution in [0.25, 0.3) is 0 Å². The van der Waals surface area contributed by atoms with Crippen molar-refractivity contribution in [3.05, 3.63) is 21.9 Å². The molecule has 0 radical (unpaired) electrons. The first kappa shape index (κ1) is 15.9. The van der Waals surface area contributed by atoms with Crippen molar-refractivity contribution in [1.82, 2.24) is 9.80 Å². The predicted molar refractivity (Wildman–Crippen MR) is 83.5 cm³/mol. The molecule has 122 valence electrons. The van der Waals surface area contributed by atoms with E-state index in [9.17, 15) is 13.6 Å². The lowest BCUT2D eigenvalue weighted by molar-refractivity contribution is -0.132. The van der Waals surface area contributed by atoms with E-state index in [-0.39, 0.29) is 18.4 Å². The first-order valence-corrected chi connectivity index (χ1v) is 8.72. The highest BCUT2D eigenvalue weighted by atomic mass is 32.1. The molecule has 1 aromatic rings. The van der Waals surface area contributed by atoms with E-state index in [2.05, 4.69) is 19.1 Å². The van der Waals surface area contributed by atoms with Gasteiger partial charge >= 0.3 is 0 Å². The molecule has 3 rings (SSSR count). The Kier molecular flexibility index (Phi) is 4.78. The monoisotopic (exact) mass is 328 g/mol. The fraction of sp³-hybridized carbons (Fsp3) is 0.688. The molecule has 1 saturated heterocycles. The third-order valence-electron chi connectivity index (χ3n) is 4.53. The zero-order valence-electron chi connectivity index (χ0n) is 12.8.